The highest BCUT2D eigenvalue weighted by molar-refractivity contribution is 5.99. The first-order chi connectivity index (χ1) is 12.0. The Bertz CT molecular complexity index is 926. The number of aromatic amines is 1. The summed E-state index contributed by atoms with van der Waals surface area (Å²) < 4.78 is 13.1. The van der Waals surface area contributed by atoms with Gasteiger partial charge in [-0.3, -0.25) is 4.79 Å². The summed E-state index contributed by atoms with van der Waals surface area (Å²) in [6.45, 7) is 0. The monoisotopic (exact) mass is 338 g/mol. The van der Waals surface area contributed by atoms with Crippen LogP contribution in [0.5, 0.6) is 0 Å². The van der Waals surface area contributed by atoms with Crippen LogP contribution in [0.2, 0.25) is 0 Å². The van der Waals surface area contributed by atoms with Gasteiger partial charge in [-0.05, 0) is 55.3 Å². The van der Waals surface area contributed by atoms with Crippen molar-refractivity contribution in [1.29, 1.82) is 0 Å². The molecule has 1 amide bonds. The Morgan fingerprint density at radius 1 is 1.16 bits per heavy atom. The molecule has 1 saturated carbocycles. The number of carbonyl (C=O) groups excluding carboxylic acids is 1. The Hall–Kier alpha value is -2.73. The first kappa shape index (κ1) is 15.8. The Morgan fingerprint density at radius 2 is 1.88 bits per heavy atom. The molecule has 0 spiro atoms. The molecule has 6 heteroatoms. The molecule has 1 aromatic heterocycles. The van der Waals surface area contributed by atoms with Crippen molar-refractivity contribution >= 4 is 22.6 Å². The summed E-state index contributed by atoms with van der Waals surface area (Å²) in [5, 5.41) is 2.91. The number of anilines is 1. The molecule has 0 bridgehead atoms. The lowest BCUT2D eigenvalue weighted by molar-refractivity contribution is -0.121. The van der Waals surface area contributed by atoms with E-state index in [2.05, 4.69) is 15.3 Å². The largest absolute Gasteiger partial charge is 0.338 e. The summed E-state index contributed by atoms with van der Waals surface area (Å²) in [5.41, 5.74) is 8.49. The second kappa shape index (κ2) is 5.97. The molecule has 128 valence electrons. The van der Waals surface area contributed by atoms with E-state index in [1.54, 1.807) is 12.1 Å². The minimum Gasteiger partial charge on any atom is -0.338 e. The summed E-state index contributed by atoms with van der Waals surface area (Å²) in [5.74, 6) is 0.236. The third kappa shape index (κ3) is 3.00. The highest BCUT2D eigenvalue weighted by Crippen LogP contribution is 2.29. The number of rotatable bonds is 3. The lowest BCUT2D eigenvalue weighted by Crippen LogP contribution is -2.48. The standard InChI is InChI=1S/C19H19FN4O/c20-13-5-3-12(4-6-13)17-23-15-8-7-14(11-16(15)24-17)22-18(25)19(21)9-1-2-10-19/h3-8,11H,1-2,9-10,21H2,(H,22,25)(H,23,24). The third-order valence-corrected chi connectivity index (χ3v) is 4.81. The highest BCUT2D eigenvalue weighted by Gasteiger charge is 2.36. The molecule has 5 nitrogen and oxygen atoms in total. The van der Waals surface area contributed by atoms with E-state index < -0.39 is 5.54 Å². The molecule has 1 aliphatic rings. The molecular formula is C19H19FN4O. The van der Waals surface area contributed by atoms with Crippen molar-refractivity contribution in [3.8, 4) is 11.4 Å². The number of aromatic nitrogens is 2. The summed E-state index contributed by atoms with van der Waals surface area (Å²) in [7, 11) is 0. The Labute approximate surface area is 144 Å². The average molecular weight is 338 g/mol. The normalized spacial score (nSPS) is 16.2. The molecule has 25 heavy (non-hydrogen) atoms. The zero-order valence-electron chi connectivity index (χ0n) is 13.7. The van der Waals surface area contributed by atoms with E-state index in [0.717, 1.165) is 42.3 Å². The van der Waals surface area contributed by atoms with Gasteiger partial charge in [0.05, 0.1) is 16.6 Å². The minimum absolute atomic E-state index is 0.136. The summed E-state index contributed by atoms with van der Waals surface area (Å²) in [4.78, 5) is 20.2. The molecule has 4 rings (SSSR count). The Balaban J connectivity index is 1.60. The second-order valence-electron chi connectivity index (χ2n) is 6.64. The number of halogens is 1. The van der Waals surface area contributed by atoms with Crippen molar-refractivity contribution in [1.82, 2.24) is 9.97 Å². The van der Waals surface area contributed by atoms with Gasteiger partial charge in [-0.2, -0.15) is 0 Å². The minimum atomic E-state index is -0.762. The first-order valence-electron chi connectivity index (χ1n) is 8.40. The fourth-order valence-corrected chi connectivity index (χ4v) is 3.32. The number of amides is 1. The van der Waals surface area contributed by atoms with Crippen LogP contribution in [-0.4, -0.2) is 21.4 Å². The molecule has 2 aromatic carbocycles. The van der Waals surface area contributed by atoms with Crippen molar-refractivity contribution in [2.45, 2.75) is 31.2 Å². The van der Waals surface area contributed by atoms with E-state index in [4.69, 9.17) is 5.73 Å². The summed E-state index contributed by atoms with van der Waals surface area (Å²) in [6, 6.07) is 11.6. The number of nitrogens with one attached hydrogen (secondary N) is 2. The van der Waals surface area contributed by atoms with Crippen LogP contribution in [0.15, 0.2) is 42.5 Å². The molecule has 0 atom stereocenters. The Morgan fingerprint density at radius 3 is 2.60 bits per heavy atom. The van der Waals surface area contributed by atoms with Gasteiger partial charge in [0.25, 0.3) is 0 Å². The van der Waals surface area contributed by atoms with E-state index in [0.29, 0.717) is 11.5 Å². The molecular weight excluding hydrogens is 319 g/mol. The van der Waals surface area contributed by atoms with Gasteiger partial charge in [-0.15, -0.1) is 0 Å². The molecule has 0 unspecified atom stereocenters. The quantitative estimate of drug-likeness (QED) is 0.682. The highest BCUT2D eigenvalue weighted by atomic mass is 19.1. The van der Waals surface area contributed by atoms with Crippen LogP contribution in [0.3, 0.4) is 0 Å². The van der Waals surface area contributed by atoms with Gasteiger partial charge in [-0.1, -0.05) is 12.8 Å². The SMILES string of the molecule is NC1(C(=O)Nc2ccc3nc(-c4ccc(F)cc4)[nH]c3c2)CCCC1. The van der Waals surface area contributed by atoms with Crippen LogP contribution >= 0.6 is 0 Å². The average Bonchev–Trinajstić information content (AvgIpc) is 3.22. The molecule has 3 aromatic rings. The second-order valence-corrected chi connectivity index (χ2v) is 6.64. The van der Waals surface area contributed by atoms with Crippen LogP contribution in [0.1, 0.15) is 25.7 Å². The predicted molar refractivity (Wildman–Crippen MR) is 95.5 cm³/mol. The van der Waals surface area contributed by atoms with Crippen molar-refractivity contribution in [2.24, 2.45) is 5.73 Å². The first-order valence-corrected chi connectivity index (χ1v) is 8.40. The number of hydrogen-bond donors (Lipinski definition) is 3. The number of carbonyl (C=O) groups is 1. The topological polar surface area (TPSA) is 83.8 Å². The predicted octanol–water partition coefficient (Wildman–Crippen LogP) is 3.58. The van der Waals surface area contributed by atoms with Crippen LogP contribution in [0.25, 0.3) is 22.4 Å². The molecule has 0 aliphatic heterocycles. The van der Waals surface area contributed by atoms with Crippen molar-refractivity contribution in [3.05, 3.63) is 48.3 Å². The van der Waals surface area contributed by atoms with E-state index in [1.807, 2.05) is 18.2 Å². The van der Waals surface area contributed by atoms with Crippen LogP contribution < -0.4 is 11.1 Å². The maximum absolute atomic E-state index is 13.1. The smallest absolute Gasteiger partial charge is 0.244 e. The number of H-pyrrole nitrogens is 1. The summed E-state index contributed by atoms with van der Waals surface area (Å²) in [6.07, 6.45) is 3.43. The molecule has 4 N–H and O–H groups in total. The van der Waals surface area contributed by atoms with E-state index in [9.17, 15) is 9.18 Å². The van der Waals surface area contributed by atoms with Crippen molar-refractivity contribution < 1.29 is 9.18 Å². The number of fused-ring (bicyclic) bond motifs is 1. The number of imidazole rings is 1. The van der Waals surface area contributed by atoms with E-state index in [1.165, 1.54) is 12.1 Å². The fraction of sp³-hybridized carbons (Fsp3) is 0.263. The third-order valence-electron chi connectivity index (χ3n) is 4.81. The van der Waals surface area contributed by atoms with Gasteiger partial charge in [0, 0.05) is 11.3 Å². The van der Waals surface area contributed by atoms with Gasteiger partial charge in [0.2, 0.25) is 5.91 Å². The van der Waals surface area contributed by atoms with Gasteiger partial charge >= 0.3 is 0 Å². The van der Waals surface area contributed by atoms with Gasteiger partial charge in [-0.25, -0.2) is 9.37 Å². The zero-order chi connectivity index (χ0) is 17.4. The molecule has 0 radical (unpaired) electrons. The number of benzene rings is 2. The lowest BCUT2D eigenvalue weighted by atomic mass is 9.98. The molecule has 1 fully saturated rings. The summed E-state index contributed by atoms with van der Waals surface area (Å²) >= 11 is 0. The van der Waals surface area contributed by atoms with Gasteiger partial charge < -0.3 is 16.0 Å². The van der Waals surface area contributed by atoms with Crippen molar-refractivity contribution in [2.75, 3.05) is 5.32 Å². The van der Waals surface area contributed by atoms with Gasteiger partial charge in [0.15, 0.2) is 0 Å². The Kier molecular flexibility index (Phi) is 3.77. The molecule has 0 saturated heterocycles. The maximum atomic E-state index is 13.1. The van der Waals surface area contributed by atoms with Crippen LogP contribution in [0, 0.1) is 5.82 Å². The maximum Gasteiger partial charge on any atom is 0.244 e. The number of nitrogens with zero attached hydrogens (tertiary/aromatic N) is 1. The zero-order valence-corrected chi connectivity index (χ0v) is 13.7. The lowest BCUT2D eigenvalue weighted by Gasteiger charge is -2.22. The number of hydrogen-bond acceptors (Lipinski definition) is 3. The fourth-order valence-electron chi connectivity index (χ4n) is 3.32. The number of nitrogens with two attached hydrogens (primary N) is 1. The molecule has 1 aliphatic carbocycles. The van der Waals surface area contributed by atoms with Crippen LogP contribution in [-0.2, 0) is 4.79 Å². The van der Waals surface area contributed by atoms with E-state index in [-0.39, 0.29) is 11.7 Å². The van der Waals surface area contributed by atoms with Crippen LogP contribution in [0.4, 0.5) is 10.1 Å². The van der Waals surface area contributed by atoms with Crippen molar-refractivity contribution in [3.63, 3.8) is 0 Å². The molecule has 1 heterocycles. The van der Waals surface area contributed by atoms with E-state index >= 15 is 0 Å². The van der Waals surface area contributed by atoms with Gasteiger partial charge in [0.1, 0.15) is 11.6 Å².